The second-order valence-electron chi connectivity index (χ2n) is 13.5. The molecule has 4 fully saturated rings. The number of carboxylic acids is 1. The minimum absolute atomic E-state index is 0.204. The number of aromatic nitrogens is 3. The molecule has 4 saturated heterocycles. The number of hydrogen-bond acceptors (Lipinski definition) is 7. The molecule has 3 aromatic heterocycles. The van der Waals surface area contributed by atoms with Crippen LogP contribution in [-0.2, 0) is 29.4 Å². The zero-order chi connectivity index (χ0) is 31.7. The molecule has 2 atom stereocenters. The maximum atomic E-state index is 15.6. The number of aryl methyl sites for hydroxylation is 2. The molecule has 2 unspecified atom stereocenters. The van der Waals surface area contributed by atoms with Gasteiger partial charge in [-0.25, -0.2) is 14.4 Å². The van der Waals surface area contributed by atoms with Crippen molar-refractivity contribution in [2.24, 2.45) is 13.0 Å². The third-order valence-corrected chi connectivity index (χ3v) is 10.7. The number of carboxylic acid groups (broad SMARTS) is 1. The first-order chi connectivity index (χ1) is 22.3. The highest BCUT2D eigenvalue weighted by molar-refractivity contribution is 6.01. The van der Waals surface area contributed by atoms with Crippen molar-refractivity contribution in [3.63, 3.8) is 0 Å². The number of benzene rings is 1. The lowest BCUT2D eigenvalue weighted by atomic mass is 9.87. The van der Waals surface area contributed by atoms with Gasteiger partial charge in [-0.2, -0.15) is 0 Å². The number of pyridine rings is 2. The van der Waals surface area contributed by atoms with Crippen LogP contribution in [0.3, 0.4) is 0 Å². The van der Waals surface area contributed by atoms with Crippen LogP contribution in [0.15, 0.2) is 30.5 Å². The molecule has 0 amide bonds. The van der Waals surface area contributed by atoms with Crippen LogP contribution in [0.4, 0.5) is 10.2 Å². The van der Waals surface area contributed by atoms with Crippen LogP contribution in [0.25, 0.3) is 33.4 Å². The highest BCUT2D eigenvalue weighted by Gasteiger charge is 2.39. The van der Waals surface area contributed by atoms with Gasteiger partial charge in [-0.3, -0.25) is 9.69 Å². The molecule has 5 aliphatic rings. The Morgan fingerprint density at radius 3 is 2.74 bits per heavy atom. The Morgan fingerprint density at radius 2 is 1.96 bits per heavy atom. The number of piperidine rings is 1. The van der Waals surface area contributed by atoms with E-state index in [1.165, 1.54) is 12.5 Å². The maximum Gasteiger partial charge on any atom is 0.307 e. The highest BCUT2D eigenvalue weighted by atomic mass is 19.1. The van der Waals surface area contributed by atoms with Gasteiger partial charge in [0.1, 0.15) is 11.5 Å². The van der Waals surface area contributed by atoms with E-state index in [2.05, 4.69) is 26.5 Å². The normalized spacial score (nSPS) is 21.6. The molecule has 0 radical (unpaired) electrons. The first-order valence-corrected chi connectivity index (χ1v) is 16.5. The predicted molar refractivity (Wildman–Crippen MR) is 174 cm³/mol. The fraction of sp³-hybridized carbons (Fsp3) is 0.472. The molecule has 240 valence electrons. The molecule has 0 aliphatic carbocycles. The van der Waals surface area contributed by atoms with E-state index in [1.807, 2.05) is 33.2 Å². The van der Waals surface area contributed by atoms with Gasteiger partial charge < -0.3 is 24.0 Å². The van der Waals surface area contributed by atoms with Crippen molar-refractivity contribution >= 4 is 22.8 Å². The van der Waals surface area contributed by atoms with Crippen LogP contribution < -0.4 is 9.64 Å². The average Bonchev–Trinajstić information content (AvgIpc) is 3.14. The Labute approximate surface area is 267 Å². The molecule has 10 heteroatoms. The molecule has 2 bridgehead atoms. The molecule has 8 heterocycles. The van der Waals surface area contributed by atoms with E-state index in [-0.39, 0.29) is 6.42 Å². The molecular weight excluding hydrogens is 585 g/mol. The number of halogens is 1. The van der Waals surface area contributed by atoms with Gasteiger partial charge in [-0.15, -0.1) is 0 Å². The number of anilines is 1. The van der Waals surface area contributed by atoms with Gasteiger partial charge in [-0.1, -0.05) is 0 Å². The van der Waals surface area contributed by atoms with Gasteiger partial charge in [0.05, 0.1) is 38.0 Å². The van der Waals surface area contributed by atoms with Gasteiger partial charge >= 0.3 is 5.97 Å². The lowest BCUT2D eigenvalue weighted by molar-refractivity contribution is -0.136. The number of rotatable bonds is 6. The molecule has 1 N–H and O–H groups in total. The maximum absolute atomic E-state index is 15.6. The predicted octanol–water partition coefficient (Wildman–Crippen LogP) is 5.31. The molecule has 0 saturated carbocycles. The van der Waals surface area contributed by atoms with Crippen molar-refractivity contribution in [2.75, 3.05) is 44.4 Å². The minimum atomic E-state index is -0.949. The summed E-state index contributed by atoms with van der Waals surface area (Å²) < 4.78 is 28.9. The molecule has 5 aliphatic heterocycles. The van der Waals surface area contributed by atoms with Crippen LogP contribution in [0.2, 0.25) is 0 Å². The lowest BCUT2D eigenvalue weighted by Gasteiger charge is -2.39. The number of ether oxygens (including phenoxy) is 2. The van der Waals surface area contributed by atoms with Crippen LogP contribution in [0.5, 0.6) is 5.75 Å². The summed E-state index contributed by atoms with van der Waals surface area (Å²) in [5, 5.41) is 10.7. The molecule has 4 aromatic rings. The smallest absolute Gasteiger partial charge is 0.307 e. The third-order valence-electron chi connectivity index (χ3n) is 10.7. The molecule has 1 aromatic carbocycles. The Morgan fingerprint density at radius 1 is 1.11 bits per heavy atom. The van der Waals surface area contributed by atoms with Gasteiger partial charge in [0.2, 0.25) is 0 Å². The third kappa shape index (κ3) is 4.84. The summed E-state index contributed by atoms with van der Waals surface area (Å²) in [5.41, 5.74) is 7.14. The first kappa shape index (κ1) is 29.4. The largest absolute Gasteiger partial charge is 0.490 e. The Kier molecular flexibility index (Phi) is 7.25. The van der Waals surface area contributed by atoms with Gasteiger partial charge in [0.15, 0.2) is 11.6 Å². The van der Waals surface area contributed by atoms with Crippen molar-refractivity contribution in [3.8, 4) is 28.1 Å². The fourth-order valence-electron chi connectivity index (χ4n) is 8.22. The van der Waals surface area contributed by atoms with E-state index >= 15 is 4.39 Å². The van der Waals surface area contributed by atoms with Crippen molar-refractivity contribution in [1.29, 1.82) is 0 Å². The second kappa shape index (κ2) is 11.3. The summed E-state index contributed by atoms with van der Waals surface area (Å²) in [7, 11) is 1.99. The summed E-state index contributed by atoms with van der Waals surface area (Å²) >= 11 is 0. The highest BCUT2D eigenvalue weighted by Crippen LogP contribution is 2.43. The van der Waals surface area contributed by atoms with E-state index in [1.54, 1.807) is 0 Å². The number of aliphatic carboxylic acids is 1. The van der Waals surface area contributed by atoms with Crippen LogP contribution in [-0.4, -0.2) is 82.0 Å². The van der Waals surface area contributed by atoms with Crippen molar-refractivity contribution in [1.82, 2.24) is 19.4 Å². The quantitative estimate of drug-likeness (QED) is 0.308. The average molecular weight is 626 g/mol. The molecular formula is C36H40FN5O4. The standard InChI is InChI=1S/C36H40FN5O4/c1-20-26-5-4-10-46-35(26)30(37)12-27(20)34-28(14-33(43)44)21(2)39-36-29(34)13-31(40(36)3)23-8-9-38-32(11-23)42-16-22-6-7-24(42)17-41(15-22)25-18-45-19-25/h8-9,11-13,22,24-25H,4-7,10,14-19H2,1-3H3,(H,43,44). The summed E-state index contributed by atoms with van der Waals surface area (Å²) in [6.45, 7) is 9.15. The molecule has 0 spiro atoms. The van der Waals surface area contributed by atoms with Crippen LogP contribution in [0, 0.1) is 25.6 Å². The summed E-state index contributed by atoms with van der Waals surface area (Å²) in [6, 6.07) is 8.75. The van der Waals surface area contributed by atoms with E-state index in [4.69, 9.17) is 19.4 Å². The topological polar surface area (TPSA) is 93.0 Å². The van der Waals surface area contributed by atoms with Gasteiger partial charge in [0, 0.05) is 61.1 Å². The van der Waals surface area contributed by atoms with Gasteiger partial charge in [0.25, 0.3) is 0 Å². The fourth-order valence-corrected chi connectivity index (χ4v) is 8.22. The van der Waals surface area contributed by atoms with E-state index in [0.717, 1.165) is 96.9 Å². The zero-order valence-corrected chi connectivity index (χ0v) is 26.7. The van der Waals surface area contributed by atoms with Crippen molar-refractivity contribution < 1.29 is 23.8 Å². The van der Waals surface area contributed by atoms with Crippen LogP contribution in [0.1, 0.15) is 41.6 Å². The first-order valence-electron chi connectivity index (χ1n) is 16.5. The van der Waals surface area contributed by atoms with E-state index in [0.29, 0.717) is 47.2 Å². The summed E-state index contributed by atoms with van der Waals surface area (Å²) in [4.78, 5) is 27.0. The lowest BCUT2D eigenvalue weighted by Crippen LogP contribution is -2.52. The Bertz CT molecular complexity index is 1870. The van der Waals surface area contributed by atoms with Gasteiger partial charge in [-0.05, 0) is 92.0 Å². The van der Waals surface area contributed by atoms with E-state index in [9.17, 15) is 9.90 Å². The molecule has 9 rings (SSSR count). The zero-order valence-electron chi connectivity index (χ0n) is 26.7. The SMILES string of the molecule is Cc1nc2c(cc(-c3ccnc(N4CC5CCC4CN(C4COC4)C5)c3)n2C)c(-c2cc(F)c3c(c2C)CCCO3)c1CC(=O)O. The number of carbonyl (C=O) groups is 1. The Balaban J connectivity index is 1.24. The number of nitrogens with zero attached hydrogens (tertiary/aromatic N) is 5. The number of hydrogen-bond donors (Lipinski definition) is 1. The van der Waals surface area contributed by atoms with Crippen molar-refractivity contribution in [2.45, 2.75) is 58.0 Å². The minimum Gasteiger partial charge on any atom is -0.490 e. The van der Waals surface area contributed by atoms with Crippen LogP contribution >= 0.6 is 0 Å². The summed E-state index contributed by atoms with van der Waals surface area (Å²) in [5.74, 6) is 0.543. The van der Waals surface area contributed by atoms with Crippen molar-refractivity contribution in [3.05, 3.63) is 58.7 Å². The Hall–Kier alpha value is -4.02. The molecule has 46 heavy (non-hydrogen) atoms. The monoisotopic (exact) mass is 625 g/mol. The summed E-state index contributed by atoms with van der Waals surface area (Å²) in [6.07, 6.45) is 5.62. The van der Waals surface area contributed by atoms with E-state index < -0.39 is 11.8 Å². The molecule has 9 nitrogen and oxygen atoms in total. The second-order valence-corrected chi connectivity index (χ2v) is 13.5. The number of fused-ring (bicyclic) bond motifs is 6.